The third-order valence-electron chi connectivity index (χ3n) is 5.57. The van der Waals surface area contributed by atoms with Crippen molar-refractivity contribution in [3.63, 3.8) is 0 Å². The summed E-state index contributed by atoms with van der Waals surface area (Å²) in [7, 11) is 4.62. The predicted molar refractivity (Wildman–Crippen MR) is 99.8 cm³/mol. The first-order valence-corrected chi connectivity index (χ1v) is 9.22. The van der Waals surface area contributed by atoms with Gasteiger partial charge in [-0.1, -0.05) is 5.16 Å². The number of rotatable bonds is 6. The molecule has 2 heterocycles. The van der Waals surface area contributed by atoms with Gasteiger partial charge in [-0.2, -0.15) is 4.98 Å². The molecule has 9 heteroatoms. The summed E-state index contributed by atoms with van der Waals surface area (Å²) in [6, 6.07) is 3.51. The first-order valence-electron chi connectivity index (χ1n) is 9.22. The summed E-state index contributed by atoms with van der Waals surface area (Å²) in [6.45, 7) is 0.427. The molecule has 2 aromatic rings. The van der Waals surface area contributed by atoms with Crippen molar-refractivity contribution in [3.05, 3.63) is 23.8 Å². The fourth-order valence-corrected chi connectivity index (χ4v) is 3.73. The molecule has 1 aliphatic carbocycles. The Labute approximate surface area is 162 Å². The van der Waals surface area contributed by atoms with E-state index < -0.39 is 5.54 Å². The normalized spacial score (nSPS) is 20.8. The maximum Gasteiger partial charge on any atom is 0.232 e. The van der Waals surface area contributed by atoms with Gasteiger partial charge in [0.15, 0.2) is 17.3 Å². The Morgan fingerprint density at radius 2 is 1.86 bits per heavy atom. The van der Waals surface area contributed by atoms with E-state index in [1.165, 1.54) is 7.11 Å². The van der Waals surface area contributed by atoms with E-state index in [0.29, 0.717) is 41.2 Å². The fraction of sp³-hybridized carbons (Fsp3) is 0.526. The van der Waals surface area contributed by atoms with Gasteiger partial charge in [0, 0.05) is 25.1 Å². The summed E-state index contributed by atoms with van der Waals surface area (Å²) in [4.78, 5) is 18.8. The van der Waals surface area contributed by atoms with Crippen LogP contribution < -0.4 is 24.8 Å². The van der Waals surface area contributed by atoms with E-state index >= 15 is 0 Å². The third kappa shape index (κ3) is 2.95. The highest BCUT2D eigenvalue weighted by Crippen LogP contribution is 2.43. The zero-order valence-corrected chi connectivity index (χ0v) is 16.2. The van der Waals surface area contributed by atoms with Gasteiger partial charge in [-0.05, 0) is 19.3 Å². The molecule has 1 saturated carbocycles. The summed E-state index contributed by atoms with van der Waals surface area (Å²) in [5.41, 5.74) is 6.45. The van der Waals surface area contributed by atoms with Gasteiger partial charge in [0.1, 0.15) is 0 Å². The number of methoxy groups -OCH3 is 3. The molecule has 0 spiro atoms. The lowest BCUT2D eigenvalue weighted by Gasteiger charge is -2.34. The standard InChI is InChI=1S/C19H24N4O5/c1-25-13-8-12(9-14(26-2)16(13)27-3)23-10-11(7-15(23)24)17-21-18(22-28-17)19(20)5-4-6-19/h8-9,11H,4-7,10,20H2,1-3H3. The number of aromatic nitrogens is 2. The number of amides is 1. The lowest BCUT2D eigenvalue weighted by molar-refractivity contribution is -0.117. The molecule has 1 amide bonds. The average Bonchev–Trinajstić information content (AvgIpc) is 3.32. The van der Waals surface area contributed by atoms with Crippen LogP contribution in [0.25, 0.3) is 0 Å². The lowest BCUT2D eigenvalue weighted by atomic mass is 9.77. The molecule has 1 atom stereocenters. The number of nitrogens with zero attached hydrogens (tertiary/aromatic N) is 3. The fourth-order valence-electron chi connectivity index (χ4n) is 3.73. The van der Waals surface area contributed by atoms with Crippen LogP contribution in [0.3, 0.4) is 0 Å². The van der Waals surface area contributed by atoms with Crippen LogP contribution in [0.2, 0.25) is 0 Å². The maximum absolute atomic E-state index is 12.7. The second-order valence-corrected chi connectivity index (χ2v) is 7.25. The number of hydrogen-bond acceptors (Lipinski definition) is 8. The second-order valence-electron chi connectivity index (χ2n) is 7.25. The van der Waals surface area contributed by atoms with Crippen molar-refractivity contribution in [3.8, 4) is 17.2 Å². The van der Waals surface area contributed by atoms with Crippen molar-refractivity contribution in [2.45, 2.75) is 37.1 Å². The minimum absolute atomic E-state index is 0.0369. The molecule has 150 valence electrons. The molecule has 2 aliphatic rings. The molecule has 9 nitrogen and oxygen atoms in total. The molecule has 1 unspecified atom stereocenters. The van der Waals surface area contributed by atoms with Gasteiger partial charge >= 0.3 is 0 Å². The summed E-state index contributed by atoms with van der Waals surface area (Å²) in [6.07, 6.45) is 3.06. The van der Waals surface area contributed by atoms with Crippen LogP contribution in [0, 0.1) is 0 Å². The van der Waals surface area contributed by atoms with E-state index in [4.69, 9.17) is 24.5 Å². The van der Waals surface area contributed by atoms with E-state index in [1.807, 2.05) is 0 Å². The molecule has 4 rings (SSSR count). The number of carbonyl (C=O) groups excluding carboxylic acids is 1. The zero-order chi connectivity index (χ0) is 19.9. The van der Waals surface area contributed by atoms with Gasteiger partial charge < -0.3 is 29.4 Å². The second kappa shape index (κ2) is 6.97. The van der Waals surface area contributed by atoms with Gasteiger partial charge in [0.25, 0.3) is 0 Å². The van der Waals surface area contributed by atoms with Crippen molar-refractivity contribution < 1.29 is 23.5 Å². The van der Waals surface area contributed by atoms with Gasteiger partial charge in [-0.15, -0.1) is 0 Å². The van der Waals surface area contributed by atoms with Gasteiger partial charge in [-0.3, -0.25) is 4.79 Å². The molecule has 1 aliphatic heterocycles. The lowest BCUT2D eigenvalue weighted by Crippen LogP contribution is -2.44. The summed E-state index contributed by atoms with van der Waals surface area (Å²) < 4.78 is 21.6. The highest BCUT2D eigenvalue weighted by molar-refractivity contribution is 5.97. The number of nitrogens with two attached hydrogens (primary N) is 1. The van der Waals surface area contributed by atoms with E-state index in [2.05, 4.69) is 10.1 Å². The van der Waals surface area contributed by atoms with Gasteiger partial charge in [0.05, 0.1) is 38.5 Å². The predicted octanol–water partition coefficient (Wildman–Crippen LogP) is 1.95. The Morgan fingerprint density at radius 1 is 1.18 bits per heavy atom. The van der Waals surface area contributed by atoms with Gasteiger partial charge in [0.2, 0.25) is 17.5 Å². The van der Waals surface area contributed by atoms with E-state index in [0.717, 1.165) is 19.3 Å². The largest absolute Gasteiger partial charge is 0.493 e. The number of hydrogen-bond donors (Lipinski definition) is 1. The molecule has 1 saturated heterocycles. The van der Waals surface area contributed by atoms with Crippen LogP contribution >= 0.6 is 0 Å². The van der Waals surface area contributed by atoms with Crippen LogP contribution in [-0.2, 0) is 10.3 Å². The smallest absolute Gasteiger partial charge is 0.232 e. The molecule has 2 N–H and O–H groups in total. The van der Waals surface area contributed by atoms with Gasteiger partial charge in [-0.25, -0.2) is 0 Å². The Bertz CT molecular complexity index is 867. The Kier molecular flexibility index (Phi) is 4.62. The third-order valence-corrected chi connectivity index (χ3v) is 5.57. The Balaban J connectivity index is 1.59. The van der Waals surface area contributed by atoms with Crippen LogP contribution in [0.15, 0.2) is 16.7 Å². The maximum atomic E-state index is 12.7. The molecular formula is C19H24N4O5. The molecule has 1 aromatic heterocycles. The van der Waals surface area contributed by atoms with Crippen molar-refractivity contribution in [2.75, 3.05) is 32.8 Å². The van der Waals surface area contributed by atoms with E-state index in [1.54, 1.807) is 31.3 Å². The van der Waals surface area contributed by atoms with E-state index in [-0.39, 0.29) is 18.2 Å². The van der Waals surface area contributed by atoms with Crippen LogP contribution in [0.4, 0.5) is 5.69 Å². The molecule has 0 radical (unpaired) electrons. The zero-order valence-electron chi connectivity index (χ0n) is 16.2. The first-order chi connectivity index (χ1) is 13.5. The van der Waals surface area contributed by atoms with Crippen LogP contribution in [0.1, 0.15) is 43.3 Å². The Morgan fingerprint density at radius 3 is 2.39 bits per heavy atom. The monoisotopic (exact) mass is 388 g/mol. The van der Waals surface area contributed by atoms with Crippen molar-refractivity contribution in [1.29, 1.82) is 0 Å². The summed E-state index contributed by atoms with van der Waals surface area (Å²) in [5.74, 6) is 2.22. The SMILES string of the molecule is COc1cc(N2CC(c3nc(C4(N)CCC4)no3)CC2=O)cc(OC)c1OC. The van der Waals surface area contributed by atoms with Crippen molar-refractivity contribution in [1.82, 2.24) is 10.1 Å². The minimum Gasteiger partial charge on any atom is -0.493 e. The molecular weight excluding hydrogens is 364 g/mol. The molecule has 2 fully saturated rings. The molecule has 28 heavy (non-hydrogen) atoms. The van der Waals surface area contributed by atoms with Crippen molar-refractivity contribution in [2.24, 2.45) is 5.73 Å². The molecule has 1 aromatic carbocycles. The minimum atomic E-state index is -0.485. The number of ether oxygens (including phenoxy) is 3. The molecule has 0 bridgehead atoms. The average molecular weight is 388 g/mol. The number of benzene rings is 1. The van der Waals surface area contributed by atoms with Crippen LogP contribution in [-0.4, -0.2) is 43.9 Å². The topological polar surface area (TPSA) is 113 Å². The number of carbonyl (C=O) groups is 1. The highest BCUT2D eigenvalue weighted by Gasteiger charge is 2.41. The van der Waals surface area contributed by atoms with E-state index in [9.17, 15) is 4.79 Å². The Hall–Kier alpha value is -2.81. The van der Waals surface area contributed by atoms with Crippen molar-refractivity contribution >= 4 is 11.6 Å². The van der Waals surface area contributed by atoms with Crippen LogP contribution in [0.5, 0.6) is 17.2 Å². The highest BCUT2D eigenvalue weighted by atomic mass is 16.5. The quantitative estimate of drug-likeness (QED) is 0.799. The first kappa shape index (κ1) is 18.5. The number of anilines is 1. The summed E-state index contributed by atoms with van der Waals surface area (Å²) in [5, 5.41) is 4.06. The summed E-state index contributed by atoms with van der Waals surface area (Å²) >= 11 is 0.